The summed E-state index contributed by atoms with van der Waals surface area (Å²) < 4.78 is 29.2. The Labute approximate surface area is 125 Å². The number of hydrogen-bond donors (Lipinski definition) is 1. The van der Waals surface area contributed by atoms with Gasteiger partial charge >= 0.3 is 0 Å². The number of rotatable bonds is 6. The molecule has 0 fully saturated rings. The van der Waals surface area contributed by atoms with Crippen molar-refractivity contribution in [1.82, 2.24) is 5.32 Å². The van der Waals surface area contributed by atoms with Crippen molar-refractivity contribution in [1.29, 1.82) is 0 Å². The fraction of sp³-hybridized carbons (Fsp3) is 0.250. The lowest BCUT2D eigenvalue weighted by molar-refractivity contribution is 0.481. The molecule has 0 atom stereocenters. The van der Waals surface area contributed by atoms with E-state index in [4.69, 9.17) is 4.74 Å². The lowest BCUT2D eigenvalue weighted by Crippen LogP contribution is -2.04. The summed E-state index contributed by atoms with van der Waals surface area (Å²) in [5, 5.41) is 3.08. The van der Waals surface area contributed by atoms with Crippen molar-refractivity contribution in [2.75, 3.05) is 12.8 Å². The van der Waals surface area contributed by atoms with Crippen molar-refractivity contribution in [2.24, 2.45) is 0 Å². The van der Waals surface area contributed by atoms with E-state index in [2.05, 4.69) is 5.32 Å². The molecule has 2 aromatic rings. The van der Waals surface area contributed by atoms with Crippen LogP contribution in [0.1, 0.15) is 12.5 Å². The number of hydrogen-bond acceptors (Lipinski definition) is 4. The van der Waals surface area contributed by atoms with E-state index in [9.17, 15) is 8.42 Å². The van der Waals surface area contributed by atoms with Gasteiger partial charge in [0, 0.05) is 6.54 Å². The van der Waals surface area contributed by atoms with E-state index < -0.39 is 9.84 Å². The second kappa shape index (κ2) is 6.74. The van der Waals surface area contributed by atoms with Gasteiger partial charge in [0.05, 0.1) is 10.6 Å². The number of benzene rings is 2. The molecule has 0 saturated heterocycles. The van der Waals surface area contributed by atoms with E-state index in [1.54, 1.807) is 31.2 Å². The predicted molar refractivity (Wildman–Crippen MR) is 83.4 cm³/mol. The fourth-order valence-electron chi connectivity index (χ4n) is 1.94. The molecule has 0 radical (unpaired) electrons. The summed E-state index contributed by atoms with van der Waals surface area (Å²) in [6.45, 7) is 2.40. The molecule has 0 aliphatic carbocycles. The Morgan fingerprint density at radius 1 is 1.05 bits per heavy atom. The van der Waals surface area contributed by atoms with E-state index in [-0.39, 0.29) is 5.75 Å². The standard InChI is InChI=1S/C16H19NO3S/c1-3-21(18,19)16-9-7-14(8-10-16)20-15-6-4-5-13(11-15)12-17-2/h4-11,17H,3,12H2,1-2H3. The number of sulfone groups is 1. The van der Waals surface area contributed by atoms with E-state index in [1.165, 1.54) is 0 Å². The Hall–Kier alpha value is -1.85. The van der Waals surface area contributed by atoms with E-state index in [0.717, 1.165) is 17.9 Å². The summed E-state index contributed by atoms with van der Waals surface area (Å²) in [5.41, 5.74) is 1.13. The molecule has 21 heavy (non-hydrogen) atoms. The third-order valence-electron chi connectivity index (χ3n) is 3.08. The van der Waals surface area contributed by atoms with Gasteiger partial charge in [-0.25, -0.2) is 8.42 Å². The average Bonchev–Trinajstić information content (AvgIpc) is 2.48. The zero-order valence-corrected chi connectivity index (χ0v) is 13.0. The summed E-state index contributed by atoms with van der Waals surface area (Å²) >= 11 is 0. The molecule has 0 aliphatic rings. The summed E-state index contributed by atoms with van der Waals surface area (Å²) in [7, 11) is -1.28. The topological polar surface area (TPSA) is 55.4 Å². The highest BCUT2D eigenvalue weighted by atomic mass is 32.2. The maximum absolute atomic E-state index is 11.7. The lowest BCUT2D eigenvalue weighted by atomic mass is 10.2. The van der Waals surface area contributed by atoms with Crippen LogP contribution in [0, 0.1) is 0 Å². The highest BCUT2D eigenvalue weighted by molar-refractivity contribution is 7.91. The van der Waals surface area contributed by atoms with Crippen molar-refractivity contribution in [3.05, 3.63) is 54.1 Å². The van der Waals surface area contributed by atoms with Gasteiger partial charge in [0.1, 0.15) is 11.5 Å². The molecule has 0 aromatic heterocycles. The highest BCUT2D eigenvalue weighted by Crippen LogP contribution is 2.24. The van der Waals surface area contributed by atoms with Crippen molar-refractivity contribution >= 4 is 9.84 Å². The molecule has 0 spiro atoms. The minimum atomic E-state index is -3.17. The molecular weight excluding hydrogens is 286 g/mol. The van der Waals surface area contributed by atoms with E-state index in [1.807, 2.05) is 31.3 Å². The first-order chi connectivity index (χ1) is 10.0. The maximum atomic E-state index is 11.7. The SMILES string of the molecule is CCS(=O)(=O)c1ccc(Oc2cccc(CNC)c2)cc1. The van der Waals surface area contributed by atoms with Gasteiger partial charge in [0.2, 0.25) is 0 Å². The summed E-state index contributed by atoms with van der Waals surface area (Å²) in [6, 6.07) is 14.3. The van der Waals surface area contributed by atoms with Crippen LogP contribution in [0.4, 0.5) is 0 Å². The molecule has 0 unspecified atom stereocenters. The second-order valence-electron chi connectivity index (χ2n) is 4.65. The van der Waals surface area contributed by atoms with Crippen molar-refractivity contribution in [3.63, 3.8) is 0 Å². The van der Waals surface area contributed by atoms with E-state index in [0.29, 0.717) is 10.6 Å². The van der Waals surface area contributed by atoms with Crippen LogP contribution in [-0.2, 0) is 16.4 Å². The highest BCUT2D eigenvalue weighted by Gasteiger charge is 2.11. The molecule has 0 heterocycles. The quantitative estimate of drug-likeness (QED) is 0.891. The molecular formula is C16H19NO3S. The third kappa shape index (κ3) is 4.06. The Morgan fingerprint density at radius 3 is 2.38 bits per heavy atom. The van der Waals surface area contributed by atoms with Crippen LogP contribution in [0.3, 0.4) is 0 Å². The van der Waals surface area contributed by atoms with Gasteiger partial charge in [-0.3, -0.25) is 0 Å². The molecule has 112 valence electrons. The Kier molecular flexibility index (Phi) is 4.98. The van der Waals surface area contributed by atoms with Crippen molar-refractivity contribution < 1.29 is 13.2 Å². The Balaban J connectivity index is 2.15. The first-order valence-corrected chi connectivity index (χ1v) is 8.44. The average molecular weight is 305 g/mol. The smallest absolute Gasteiger partial charge is 0.178 e. The molecule has 1 N–H and O–H groups in total. The van der Waals surface area contributed by atoms with Crippen LogP contribution in [-0.4, -0.2) is 21.2 Å². The normalized spacial score (nSPS) is 11.3. The fourth-order valence-corrected chi connectivity index (χ4v) is 2.82. The number of nitrogens with one attached hydrogen (secondary N) is 1. The summed E-state index contributed by atoms with van der Waals surface area (Å²) in [4.78, 5) is 0.321. The molecule has 0 amide bonds. The third-order valence-corrected chi connectivity index (χ3v) is 4.83. The van der Waals surface area contributed by atoms with Gasteiger partial charge in [-0.05, 0) is 49.0 Å². The monoisotopic (exact) mass is 305 g/mol. The first-order valence-electron chi connectivity index (χ1n) is 6.79. The van der Waals surface area contributed by atoms with Gasteiger partial charge in [0.25, 0.3) is 0 Å². The van der Waals surface area contributed by atoms with Crippen LogP contribution >= 0.6 is 0 Å². The molecule has 0 saturated carbocycles. The minimum absolute atomic E-state index is 0.0965. The second-order valence-corrected chi connectivity index (χ2v) is 6.93. The van der Waals surface area contributed by atoms with Crippen LogP contribution in [0.5, 0.6) is 11.5 Å². The van der Waals surface area contributed by atoms with Crippen molar-refractivity contribution in [3.8, 4) is 11.5 Å². The van der Waals surface area contributed by atoms with Gasteiger partial charge in [-0.2, -0.15) is 0 Å². The van der Waals surface area contributed by atoms with Gasteiger partial charge in [-0.1, -0.05) is 19.1 Å². The summed E-state index contributed by atoms with van der Waals surface area (Å²) in [6.07, 6.45) is 0. The van der Waals surface area contributed by atoms with Crippen molar-refractivity contribution in [2.45, 2.75) is 18.4 Å². The molecule has 2 rings (SSSR count). The Morgan fingerprint density at radius 2 is 1.76 bits per heavy atom. The summed E-state index contributed by atoms with van der Waals surface area (Å²) in [5.74, 6) is 1.44. The largest absolute Gasteiger partial charge is 0.457 e. The predicted octanol–water partition coefficient (Wildman–Crippen LogP) is 2.99. The molecule has 2 aromatic carbocycles. The minimum Gasteiger partial charge on any atom is -0.457 e. The zero-order chi connectivity index (χ0) is 15.3. The molecule has 0 aliphatic heterocycles. The van der Waals surface area contributed by atoms with Crippen LogP contribution in [0.15, 0.2) is 53.4 Å². The van der Waals surface area contributed by atoms with Gasteiger partial charge in [0.15, 0.2) is 9.84 Å². The van der Waals surface area contributed by atoms with Gasteiger partial charge < -0.3 is 10.1 Å². The zero-order valence-electron chi connectivity index (χ0n) is 12.2. The lowest BCUT2D eigenvalue weighted by Gasteiger charge is -2.08. The van der Waals surface area contributed by atoms with E-state index >= 15 is 0 Å². The first kappa shape index (κ1) is 15.5. The number of ether oxygens (including phenoxy) is 1. The Bertz CT molecular complexity index is 694. The molecule has 5 heteroatoms. The van der Waals surface area contributed by atoms with Gasteiger partial charge in [-0.15, -0.1) is 0 Å². The van der Waals surface area contributed by atoms with Crippen LogP contribution in [0.25, 0.3) is 0 Å². The molecule has 4 nitrogen and oxygen atoms in total. The molecule has 0 bridgehead atoms. The van der Waals surface area contributed by atoms with Crippen LogP contribution < -0.4 is 10.1 Å². The van der Waals surface area contributed by atoms with Crippen LogP contribution in [0.2, 0.25) is 0 Å². The maximum Gasteiger partial charge on any atom is 0.178 e.